The van der Waals surface area contributed by atoms with E-state index < -0.39 is 42.2 Å². The zero-order valence-electron chi connectivity index (χ0n) is 28.4. The van der Waals surface area contributed by atoms with Gasteiger partial charge in [-0.05, 0) is 36.1 Å². The highest BCUT2D eigenvalue weighted by Crippen LogP contribution is 2.21. The Morgan fingerprint density at radius 2 is 1.47 bits per heavy atom. The Bertz CT molecular complexity index is 1550. The van der Waals surface area contributed by atoms with Gasteiger partial charge in [-0.15, -0.1) is 0 Å². The van der Waals surface area contributed by atoms with Crippen molar-refractivity contribution >= 4 is 65.6 Å². The van der Waals surface area contributed by atoms with E-state index in [4.69, 9.17) is 4.74 Å². The largest absolute Gasteiger partial charge is 0.461 e. The summed E-state index contributed by atoms with van der Waals surface area (Å²) in [5.41, 5.74) is 1.95. The second-order valence-corrected chi connectivity index (χ2v) is 12.2. The van der Waals surface area contributed by atoms with Gasteiger partial charge in [-0.25, -0.2) is 0 Å². The third-order valence-corrected chi connectivity index (χ3v) is 8.21. The minimum atomic E-state index is -1.06. The third-order valence-electron chi connectivity index (χ3n) is 7.77. The molecule has 0 radical (unpaired) electrons. The highest BCUT2D eigenvalue weighted by atomic mass is 32.1. The maximum atomic E-state index is 13.1. The number of imide groups is 1. The Hall–Kier alpha value is -5.25. The molecule has 274 valence electrons. The number of carbonyl (C=O) groups is 8. The van der Waals surface area contributed by atoms with Crippen molar-refractivity contribution in [2.45, 2.75) is 58.1 Å². The SMILES string of the molecule is CC(=O)OCc1ccc(NC(=O)CNC(=O)[C@H](Cc2ccccc2)NC(=O)CNC(=O)CNC(=O)CCCCCN2C(=O)CC(CS)C2=O)cc1. The van der Waals surface area contributed by atoms with Crippen LogP contribution in [-0.4, -0.2) is 90.2 Å². The number of hydrogen-bond acceptors (Lipinski definition) is 10. The maximum absolute atomic E-state index is 13.1. The van der Waals surface area contributed by atoms with Crippen LogP contribution >= 0.6 is 12.6 Å². The molecular formula is C35H44N6O9S. The summed E-state index contributed by atoms with van der Waals surface area (Å²) >= 11 is 4.11. The van der Waals surface area contributed by atoms with Gasteiger partial charge in [-0.2, -0.15) is 12.6 Å². The lowest BCUT2D eigenvalue weighted by molar-refractivity contribution is -0.142. The molecule has 0 bridgehead atoms. The number of ether oxygens (including phenoxy) is 1. The number of carbonyl (C=O) groups excluding carboxylic acids is 8. The second-order valence-electron chi connectivity index (χ2n) is 11.9. The molecule has 0 aromatic heterocycles. The highest BCUT2D eigenvalue weighted by molar-refractivity contribution is 7.80. The van der Waals surface area contributed by atoms with Crippen LogP contribution in [0.25, 0.3) is 0 Å². The summed E-state index contributed by atoms with van der Waals surface area (Å²) in [7, 11) is 0. The normalized spacial score (nSPS) is 14.3. The Morgan fingerprint density at radius 1 is 0.804 bits per heavy atom. The van der Waals surface area contributed by atoms with Crippen molar-refractivity contribution in [2.24, 2.45) is 5.92 Å². The first-order chi connectivity index (χ1) is 24.4. The molecule has 2 atom stereocenters. The number of benzene rings is 2. The summed E-state index contributed by atoms with van der Waals surface area (Å²) in [6, 6.07) is 14.5. The highest BCUT2D eigenvalue weighted by Gasteiger charge is 2.36. The fraction of sp³-hybridized carbons (Fsp3) is 0.429. The number of thiol groups is 1. The number of anilines is 1. The van der Waals surface area contributed by atoms with Gasteiger partial charge in [-0.3, -0.25) is 43.3 Å². The summed E-state index contributed by atoms with van der Waals surface area (Å²) < 4.78 is 4.94. The molecule has 1 aliphatic heterocycles. The molecule has 7 amide bonds. The summed E-state index contributed by atoms with van der Waals surface area (Å²) in [6.45, 7) is 0.523. The molecule has 1 saturated heterocycles. The summed E-state index contributed by atoms with van der Waals surface area (Å²) in [6.07, 6.45) is 2.12. The van der Waals surface area contributed by atoms with Crippen molar-refractivity contribution in [3.05, 3.63) is 65.7 Å². The summed E-state index contributed by atoms with van der Waals surface area (Å²) in [5.74, 6) is -3.61. The number of amides is 7. The molecule has 2 aromatic carbocycles. The first-order valence-corrected chi connectivity index (χ1v) is 17.2. The predicted octanol–water partition coefficient (Wildman–Crippen LogP) is 0.630. The molecule has 1 unspecified atom stereocenters. The minimum absolute atomic E-state index is 0.101. The topological polar surface area (TPSA) is 209 Å². The number of nitrogens with zero attached hydrogens (tertiary/aromatic N) is 1. The van der Waals surface area contributed by atoms with E-state index in [1.165, 1.54) is 11.8 Å². The van der Waals surface area contributed by atoms with Gasteiger partial charge in [0.25, 0.3) is 0 Å². The molecule has 0 spiro atoms. The summed E-state index contributed by atoms with van der Waals surface area (Å²) in [4.78, 5) is 99.0. The smallest absolute Gasteiger partial charge is 0.302 e. The number of rotatable bonds is 20. The lowest BCUT2D eigenvalue weighted by atomic mass is 10.1. The van der Waals surface area contributed by atoms with Gasteiger partial charge in [0.15, 0.2) is 0 Å². The van der Waals surface area contributed by atoms with Gasteiger partial charge in [-0.1, -0.05) is 48.9 Å². The number of unbranched alkanes of at least 4 members (excludes halogenated alkanes) is 2. The minimum Gasteiger partial charge on any atom is -0.461 e. The maximum Gasteiger partial charge on any atom is 0.302 e. The molecule has 16 heteroatoms. The summed E-state index contributed by atoms with van der Waals surface area (Å²) in [5, 5.41) is 12.7. The monoisotopic (exact) mass is 724 g/mol. The van der Waals surface area contributed by atoms with Gasteiger partial charge in [0.1, 0.15) is 12.6 Å². The molecule has 0 aliphatic carbocycles. The van der Waals surface area contributed by atoms with E-state index in [2.05, 4.69) is 39.2 Å². The lowest BCUT2D eigenvalue weighted by Crippen LogP contribution is -2.52. The number of likely N-dealkylation sites (tertiary alicyclic amines) is 1. The van der Waals surface area contributed by atoms with E-state index >= 15 is 0 Å². The van der Waals surface area contributed by atoms with Crippen molar-refractivity contribution < 1.29 is 43.1 Å². The van der Waals surface area contributed by atoms with Crippen LogP contribution in [0.15, 0.2) is 54.6 Å². The van der Waals surface area contributed by atoms with Crippen LogP contribution in [0.4, 0.5) is 5.69 Å². The molecule has 5 N–H and O–H groups in total. The van der Waals surface area contributed by atoms with E-state index in [0.29, 0.717) is 37.2 Å². The Kier molecular flexibility index (Phi) is 16.6. The number of hydrogen-bond donors (Lipinski definition) is 6. The van der Waals surface area contributed by atoms with Crippen LogP contribution < -0.4 is 26.6 Å². The van der Waals surface area contributed by atoms with Crippen molar-refractivity contribution in [3.63, 3.8) is 0 Å². The van der Waals surface area contributed by atoms with Gasteiger partial charge in [0.2, 0.25) is 41.4 Å². The van der Waals surface area contributed by atoms with E-state index in [1.807, 2.05) is 0 Å². The molecule has 0 saturated carbocycles. The average molecular weight is 725 g/mol. The number of esters is 1. The van der Waals surface area contributed by atoms with Gasteiger partial charge in [0, 0.05) is 44.2 Å². The van der Waals surface area contributed by atoms with Crippen LogP contribution in [0.5, 0.6) is 0 Å². The average Bonchev–Trinajstić information content (AvgIpc) is 3.39. The molecular weight excluding hydrogens is 680 g/mol. The lowest BCUT2D eigenvalue weighted by Gasteiger charge is -2.19. The Morgan fingerprint density at radius 3 is 2.14 bits per heavy atom. The molecule has 2 aromatic rings. The molecule has 15 nitrogen and oxygen atoms in total. The van der Waals surface area contributed by atoms with E-state index in [0.717, 1.165) is 11.1 Å². The van der Waals surface area contributed by atoms with Crippen LogP contribution in [-0.2, 0) is 56.1 Å². The predicted molar refractivity (Wildman–Crippen MR) is 189 cm³/mol. The van der Waals surface area contributed by atoms with Crippen molar-refractivity contribution in [1.82, 2.24) is 26.2 Å². The fourth-order valence-electron chi connectivity index (χ4n) is 5.04. The standard InChI is InChI=1S/C35H44N6O9S/c1-23(42)50-21-25-11-13-27(14-12-25)39-31(45)20-38-34(48)28(16-24-8-4-2-5-9-24)40-32(46)19-37-30(44)18-36-29(43)10-6-3-7-15-41-33(47)17-26(22-51)35(41)49/h2,4-5,8-9,11-14,26,28,51H,3,6-7,10,15-22H2,1H3,(H,36,43)(H,37,44)(H,38,48)(H,39,45)(H,40,46)/t26?,28-/m0/s1. The fourth-order valence-corrected chi connectivity index (χ4v) is 5.32. The zero-order valence-corrected chi connectivity index (χ0v) is 29.3. The second kappa shape index (κ2) is 21.1. The van der Waals surface area contributed by atoms with E-state index in [1.54, 1.807) is 54.6 Å². The first-order valence-electron chi connectivity index (χ1n) is 16.6. The van der Waals surface area contributed by atoms with Crippen LogP contribution in [0.3, 0.4) is 0 Å². The third kappa shape index (κ3) is 14.6. The van der Waals surface area contributed by atoms with Crippen LogP contribution in [0.2, 0.25) is 0 Å². The van der Waals surface area contributed by atoms with E-state index in [-0.39, 0.29) is 62.6 Å². The van der Waals surface area contributed by atoms with Crippen molar-refractivity contribution in [2.75, 3.05) is 37.2 Å². The quantitative estimate of drug-likeness (QED) is 0.0489. The van der Waals surface area contributed by atoms with Crippen LogP contribution in [0, 0.1) is 5.92 Å². The van der Waals surface area contributed by atoms with Gasteiger partial charge in [0.05, 0.1) is 25.6 Å². The Labute approximate surface area is 301 Å². The first kappa shape index (κ1) is 40.2. The molecule has 3 rings (SSSR count). The molecule has 1 heterocycles. The Balaban J connectivity index is 1.37. The van der Waals surface area contributed by atoms with Crippen molar-refractivity contribution in [3.8, 4) is 0 Å². The molecule has 51 heavy (non-hydrogen) atoms. The number of nitrogens with one attached hydrogen (secondary N) is 5. The van der Waals surface area contributed by atoms with Crippen LogP contribution in [0.1, 0.15) is 50.2 Å². The van der Waals surface area contributed by atoms with E-state index in [9.17, 15) is 38.4 Å². The van der Waals surface area contributed by atoms with Gasteiger partial charge >= 0.3 is 5.97 Å². The zero-order chi connectivity index (χ0) is 37.2. The van der Waals surface area contributed by atoms with Gasteiger partial charge < -0.3 is 31.3 Å². The molecule has 1 aliphatic rings. The van der Waals surface area contributed by atoms with Crippen molar-refractivity contribution in [1.29, 1.82) is 0 Å². The molecule has 1 fully saturated rings.